The van der Waals surface area contributed by atoms with Crippen LogP contribution in [0.15, 0.2) is 59.3 Å². The lowest BCUT2D eigenvalue weighted by molar-refractivity contribution is -0.280. The molecule has 0 spiro atoms. The number of aromatic nitrogens is 2. The first-order valence-electron chi connectivity index (χ1n) is 11.3. The lowest BCUT2D eigenvalue weighted by Gasteiger charge is -2.34. The van der Waals surface area contributed by atoms with E-state index in [2.05, 4.69) is 9.97 Å². The van der Waals surface area contributed by atoms with Gasteiger partial charge in [0.25, 0.3) is 0 Å². The minimum absolute atomic E-state index is 0.0170. The van der Waals surface area contributed by atoms with E-state index in [4.69, 9.17) is 37.5 Å². The van der Waals surface area contributed by atoms with Crippen LogP contribution in [0, 0.1) is 5.92 Å². The molecule has 3 unspecified atom stereocenters. The molecule has 0 amide bonds. The second-order valence-corrected chi connectivity index (χ2v) is 9.55. The average molecular weight is 583 g/mol. The first-order valence-corrected chi connectivity index (χ1v) is 12.0. The molecule has 0 radical (unpaired) electrons. The van der Waals surface area contributed by atoms with E-state index < -0.39 is 35.3 Å². The van der Waals surface area contributed by atoms with Crippen molar-refractivity contribution in [3.8, 4) is 11.6 Å². The van der Waals surface area contributed by atoms with E-state index in [1.54, 1.807) is 19.1 Å². The van der Waals surface area contributed by atoms with Gasteiger partial charge in [-0.25, -0.2) is 14.8 Å². The Morgan fingerprint density at radius 1 is 1.15 bits per heavy atom. The summed E-state index contributed by atoms with van der Waals surface area (Å²) in [6.45, 7) is 2.73. The number of halogens is 5. The number of pyridine rings is 1. The number of carboxylic acid groups (broad SMARTS) is 1. The summed E-state index contributed by atoms with van der Waals surface area (Å²) in [5.41, 5.74) is -3.86. The van der Waals surface area contributed by atoms with Gasteiger partial charge in [0, 0.05) is 23.1 Å². The highest BCUT2D eigenvalue weighted by Crippen LogP contribution is 2.50. The molecule has 0 bridgehead atoms. The summed E-state index contributed by atoms with van der Waals surface area (Å²) < 4.78 is 54.0. The number of carboxylic acids is 1. The number of benzene rings is 1. The molecule has 8 nitrogen and oxygen atoms in total. The normalized spacial score (nSPS) is 17.9. The van der Waals surface area contributed by atoms with E-state index in [9.17, 15) is 27.9 Å². The van der Waals surface area contributed by atoms with E-state index in [1.807, 2.05) is 0 Å². The van der Waals surface area contributed by atoms with Crippen LogP contribution in [-0.4, -0.2) is 38.1 Å². The van der Waals surface area contributed by atoms with Gasteiger partial charge in [0.15, 0.2) is 11.5 Å². The highest BCUT2D eigenvalue weighted by atomic mass is 35.5. The van der Waals surface area contributed by atoms with Crippen molar-refractivity contribution in [2.45, 2.75) is 31.5 Å². The van der Waals surface area contributed by atoms with Crippen molar-refractivity contribution in [3.05, 3.63) is 87.7 Å². The van der Waals surface area contributed by atoms with Gasteiger partial charge in [0.1, 0.15) is 10.8 Å². The number of carbonyl (C=O) groups is 2. The number of hydrogen-bond acceptors (Lipinski definition) is 7. The summed E-state index contributed by atoms with van der Waals surface area (Å²) in [6, 6.07) is 4.81. The van der Waals surface area contributed by atoms with Crippen LogP contribution >= 0.6 is 23.2 Å². The van der Waals surface area contributed by atoms with Gasteiger partial charge in [0.05, 0.1) is 17.3 Å². The number of hydrogen-bond donors (Lipinski definition) is 2. The van der Waals surface area contributed by atoms with Crippen molar-refractivity contribution in [1.29, 1.82) is 0 Å². The molecular formula is C26H19Cl2F3N2O6. The fourth-order valence-corrected chi connectivity index (χ4v) is 4.50. The highest BCUT2D eigenvalue weighted by molar-refractivity contribution is 6.32. The number of rotatable bonds is 7. The molecular weight excluding hydrogens is 564 g/mol. The van der Waals surface area contributed by atoms with Crippen molar-refractivity contribution in [3.63, 3.8) is 0 Å². The van der Waals surface area contributed by atoms with Crippen LogP contribution in [0.5, 0.6) is 11.6 Å². The first kappa shape index (κ1) is 28.3. The molecule has 39 heavy (non-hydrogen) atoms. The predicted octanol–water partition coefficient (Wildman–Crippen LogP) is 6.58. The number of carbonyl (C=O) groups excluding carboxylic acids is 1. The standard InChI is InChI=1S/C26H19Cl2F3N2O6/c1-12-4-3-5-17(21(12)34)22-33-11-20(39-22)25(37,26(29,30)31)13(2)16-7-6-15(9-18(16)27)38-23-19(28)8-14(10-32-23)24(35)36/h3-13,37H,1-2H3,(H,35,36). The molecule has 2 heterocycles. The minimum Gasteiger partial charge on any atom is -0.478 e. The molecule has 0 aliphatic heterocycles. The first-order chi connectivity index (χ1) is 18.2. The van der Waals surface area contributed by atoms with E-state index in [0.717, 1.165) is 25.4 Å². The summed E-state index contributed by atoms with van der Waals surface area (Å²) in [5, 5.41) is 19.8. The molecule has 2 N–H and O–H groups in total. The van der Waals surface area contributed by atoms with Gasteiger partial charge in [-0.05, 0) is 29.8 Å². The number of nitrogens with zero attached hydrogens (tertiary/aromatic N) is 2. The van der Waals surface area contributed by atoms with Gasteiger partial charge in [0.2, 0.25) is 17.4 Å². The van der Waals surface area contributed by atoms with Crippen molar-refractivity contribution in [2.75, 3.05) is 0 Å². The van der Waals surface area contributed by atoms with Gasteiger partial charge in [-0.15, -0.1) is 0 Å². The van der Waals surface area contributed by atoms with E-state index >= 15 is 0 Å². The maximum atomic E-state index is 14.4. The number of aliphatic hydroxyl groups is 1. The Morgan fingerprint density at radius 2 is 1.87 bits per heavy atom. The molecule has 0 saturated heterocycles. The Morgan fingerprint density at radius 3 is 2.49 bits per heavy atom. The molecule has 1 aliphatic rings. The summed E-state index contributed by atoms with van der Waals surface area (Å²) >= 11 is 12.3. The zero-order valence-electron chi connectivity index (χ0n) is 20.2. The van der Waals surface area contributed by atoms with Crippen LogP contribution in [0.1, 0.15) is 47.3 Å². The van der Waals surface area contributed by atoms with Gasteiger partial charge < -0.3 is 19.4 Å². The maximum Gasteiger partial charge on any atom is 0.425 e. The van der Waals surface area contributed by atoms with E-state index in [-0.39, 0.29) is 50.0 Å². The minimum atomic E-state index is -5.23. The Hall–Kier alpha value is -3.67. The molecule has 3 aromatic rings. The maximum absolute atomic E-state index is 14.4. The third-order valence-electron chi connectivity index (χ3n) is 6.22. The van der Waals surface area contributed by atoms with Gasteiger partial charge >= 0.3 is 12.1 Å². The Bertz CT molecular complexity index is 1520. The van der Waals surface area contributed by atoms with Crippen molar-refractivity contribution >= 4 is 40.5 Å². The molecule has 3 atom stereocenters. The van der Waals surface area contributed by atoms with E-state index in [1.165, 1.54) is 24.3 Å². The number of Topliss-reactive ketones (excluding diaryl/α,β-unsaturated/α-hetero) is 1. The van der Waals surface area contributed by atoms with Gasteiger partial charge in [-0.1, -0.05) is 55.3 Å². The fourth-order valence-electron chi connectivity index (χ4n) is 3.96. The monoisotopic (exact) mass is 582 g/mol. The van der Waals surface area contributed by atoms with Crippen LogP contribution in [0.3, 0.4) is 0 Å². The molecule has 1 aliphatic carbocycles. The van der Waals surface area contributed by atoms with Crippen LogP contribution in [0.25, 0.3) is 5.57 Å². The smallest absolute Gasteiger partial charge is 0.425 e. The molecule has 4 rings (SSSR count). The molecule has 0 fully saturated rings. The zero-order chi connectivity index (χ0) is 28.7. The van der Waals surface area contributed by atoms with E-state index in [0.29, 0.717) is 0 Å². The van der Waals surface area contributed by atoms with Gasteiger partial charge in [-0.3, -0.25) is 4.79 Å². The second-order valence-electron chi connectivity index (χ2n) is 8.74. The molecule has 0 saturated carbocycles. The third kappa shape index (κ3) is 5.29. The van der Waals surface area contributed by atoms with Crippen molar-refractivity contribution < 1.29 is 42.1 Å². The molecule has 2 aromatic heterocycles. The molecule has 204 valence electrons. The second kappa shape index (κ2) is 10.5. The topological polar surface area (TPSA) is 123 Å². The van der Waals surface area contributed by atoms with Crippen LogP contribution < -0.4 is 4.74 Å². The molecule has 1 aromatic carbocycles. The average Bonchev–Trinajstić information content (AvgIpc) is 3.35. The Labute approximate surface area is 229 Å². The zero-order valence-corrected chi connectivity index (χ0v) is 21.7. The lowest BCUT2D eigenvalue weighted by atomic mass is 9.81. The highest BCUT2D eigenvalue weighted by Gasteiger charge is 2.61. The number of alkyl halides is 3. The summed E-state index contributed by atoms with van der Waals surface area (Å²) in [6.07, 6.45) is 1.08. The van der Waals surface area contributed by atoms with Gasteiger partial charge in [-0.2, -0.15) is 13.2 Å². The quantitative estimate of drug-likeness (QED) is 0.320. The lowest BCUT2D eigenvalue weighted by Crippen LogP contribution is -2.46. The number of oxazole rings is 1. The van der Waals surface area contributed by atoms with Crippen molar-refractivity contribution in [2.24, 2.45) is 5.92 Å². The largest absolute Gasteiger partial charge is 0.478 e. The van der Waals surface area contributed by atoms with Crippen LogP contribution in [0.4, 0.5) is 13.2 Å². The number of allylic oxidation sites excluding steroid dienone is 4. The predicted molar refractivity (Wildman–Crippen MR) is 134 cm³/mol. The van der Waals surface area contributed by atoms with Crippen LogP contribution in [-0.2, 0) is 10.4 Å². The number of ketones is 1. The number of aromatic carboxylic acids is 1. The summed E-state index contributed by atoms with van der Waals surface area (Å²) in [7, 11) is 0. The third-order valence-corrected chi connectivity index (χ3v) is 6.82. The van der Waals surface area contributed by atoms with Crippen LogP contribution in [0.2, 0.25) is 10.0 Å². The fraction of sp³-hybridized carbons (Fsp3) is 0.231. The Balaban J connectivity index is 1.66. The van der Waals surface area contributed by atoms with Crippen molar-refractivity contribution in [1.82, 2.24) is 9.97 Å². The molecule has 13 heteroatoms. The number of ether oxygens (including phenoxy) is 1. The summed E-state index contributed by atoms with van der Waals surface area (Å²) in [4.78, 5) is 31.1. The Kier molecular flexibility index (Phi) is 7.61. The SMILES string of the molecule is CC1C=CC=C(c2ncc(C(O)(C(C)c3ccc(Oc4ncc(C(=O)O)cc4Cl)cc3Cl)C(F)(F)F)o2)C1=O. The summed E-state index contributed by atoms with van der Waals surface area (Å²) in [5.74, 6) is -5.24.